The third kappa shape index (κ3) is 4.11. The van der Waals surface area contributed by atoms with Gasteiger partial charge in [-0.05, 0) is 41.8 Å². The molecule has 6 aromatic rings. The summed E-state index contributed by atoms with van der Waals surface area (Å²) >= 11 is 0. The van der Waals surface area contributed by atoms with Crippen LogP contribution in [0.5, 0.6) is 0 Å². The minimum atomic E-state index is -4.03. The Morgan fingerprint density at radius 3 is 2.66 bits per heavy atom. The number of hydrogen-bond donors (Lipinski definition) is 3. The number of sulfonamides is 1. The smallest absolute Gasteiger partial charge is 0.309 e. The summed E-state index contributed by atoms with van der Waals surface area (Å²) < 4.78 is 45.4. The van der Waals surface area contributed by atoms with Gasteiger partial charge in [-0.3, -0.25) is 4.79 Å². The number of para-hydroxylation sites is 1. The molecule has 9 nitrogen and oxygen atoms in total. The van der Waals surface area contributed by atoms with Gasteiger partial charge >= 0.3 is 5.56 Å². The summed E-state index contributed by atoms with van der Waals surface area (Å²) in [6.45, 7) is 0.410. The first-order valence-electron chi connectivity index (χ1n) is 11.8. The molecule has 0 aliphatic heterocycles. The zero-order chi connectivity index (χ0) is 26.4. The zero-order valence-electron chi connectivity index (χ0n) is 19.9. The summed E-state index contributed by atoms with van der Waals surface area (Å²) in [5, 5.41) is 11.5. The first kappa shape index (κ1) is 23.9. The lowest BCUT2D eigenvalue weighted by Crippen LogP contribution is -2.26. The molecule has 0 radical (unpaired) electrons. The number of nitrogens with one attached hydrogen (secondary N) is 2. The molecule has 0 bridgehead atoms. The highest BCUT2D eigenvalue weighted by Crippen LogP contribution is 2.31. The van der Waals surface area contributed by atoms with Gasteiger partial charge in [0.15, 0.2) is 0 Å². The molecule has 0 spiro atoms. The first-order chi connectivity index (χ1) is 18.3. The van der Waals surface area contributed by atoms with Gasteiger partial charge in [0.2, 0.25) is 10.0 Å². The van der Waals surface area contributed by atoms with E-state index in [0.717, 1.165) is 28.2 Å². The van der Waals surface area contributed by atoms with Gasteiger partial charge in [0.25, 0.3) is 0 Å². The fraction of sp³-hybridized carbons (Fsp3) is 0.111. The normalized spacial score (nSPS) is 12.1. The van der Waals surface area contributed by atoms with Crippen LogP contribution in [0, 0.1) is 5.82 Å². The largest absolute Gasteiger partial charge is 0.425 e. The van der Waals surface area contributed by atoms with Crippen molar-refractivity contribution in [1.82, 2.24) is 24.0 Å². The van der Waals surface area contributed by atoms with Crippen molar-refractivity contribution in [3.63, 3.8) is 0 Å². The molecule has 0 unspecified atom stereocenters. The molecule has 0 saturated heterocycles. The van der Waals surface area contributed by atoms with Crippen molar-refractivity contribution in [3.8, 4) is 0 Å². The molecule has 38 heavy (non-hydrogen) atoms. The SMILES string of the molecule is O=c1c2ncc3c(c(S(=O)(=O)NCCc4c[nH]c5ccccc45)cn3Cc3ccc(F)cc3)c2ccn1O. The number of halogens is 1. The van der Waals surface area contributed by atoms with E-state index >= 15 is 0 Å². The Balaban J connectivity index is 1.41. The monoisotopic (exact) mass is 531 g/mol. The number of fused-ring (bicyclic) bond motifs is 4. The van der Waals surface area contributed by atoms with E-state index in [9.17, 15) is 22.8 Å². The topological polar surface area (TPSA) is 122 Å². The van der Waals surface area contributed by atoms with E-state index in [1.165, 1.54) is 30.6 Å². The maximum Gasteiger partial charge on any atom is 0.309 e. The molecule has 192 valence electrons. The molecule has 0 aliphatic carbocycles. The van der Waals surface area contributed by atoms with Gasteiger partial charge in [-0.2, -0.15) is 4.73 Å². The number of benzene rings is 2. The van der Waals surface area contributed by atoms with Crippen LogP contribution in [0.1, 0.15) is 11.1 Å². The lowest BCUT2D eigenvalue weighted by Gasteiger charge is -2.07. The summed E-state index contributed by atoms with van der Waals surface area (Å²) in [6, 6.07) is 15.2. The number of rotatable bonds is 7. The van der Waals surface area contributed by atoms with Crippen molar-refractivity contribution in [2.45, 2.75) is 17.9 Å². The second-order valence-electron chi connectivity index (χ2n) is 9.00. The van der Waals surface area contributed by atoms with E-state index < -0.39 is 15.6 Å². The zero-order valence-corrected chi connectivity index (χ0v) is 20.7. The standard InChI is InChI=1S/C27H22FN5O4S/c28-19-7-5-17(6-8-19)15-32-16-24(25-21-10-12-33(35)27(34)26(21)30-14-23(25)32)38(36,37)31-11-9-18-13-29-22-4-2-1-3-20(18)22/h1-8,10,12-14,16,29,31,35H,9,11,15H2. The summed E-state index contributed by atoms with van der Waals surface area (Å²) in [5.41, 5.74) is 2.38. The van der Waals surface area contributed by atoms with Crippen LogP contribution in [-0.4, -0.2) is 39.4 Å². The van der Waals surface area contributed by atoms with Crippen molar-refractivity contribution in [1.29, 1.82) is 0 Å². The van der Waals surface area contributed by atoms with Crippen LogP contribution in [0.25, 0.3) is 32.7 Å². The molecule has 0 saturated carbocycles. The van der Waals surface area contributed by atoms with Crippen LogP contribution >= 0.6 is 0 Å². The second-order valence-corrected chi connectivity index (χ2v) is 10.7. The quantitative estimate of drug-likeness (QED) is 0.271. The number of aromatic amines is 1. The van der Waals surface area contributed by atoms with Crippen molar-refractivity contribution in [2.24, 2.45) is 0 Å². The van der Waals surface area contributed by atoms with Crippen LogP contribution in [0.4, 0.5) is 4.39 Å². The van der Waals surface area contributed by atoms with E-state index in [4.69, 9.17) is 0 Å². The highest BCUT2D eigenvalue weighted by Gasteiger charge is 2.24. The molecule has 4 aromatic heterocycles. The van der Waals surface area contributed by atoms with E-state index in [1.807, 2.05) is 30.5 Å². The Hall–Kier alpha value is -4.48. The van der Waals surface area contributed by atoms with Crippen molar-refractivity contribution < 1.29 is 18.0 Å². The lowest BCUT2D eigenvalue weighted by molar-refractivity contribution is 0.176. The average Bonchev–Trinajstić information content (AvgIpc) is 3.50. The number of nitrogens with zero attached hydrogens (tertiary/aromatic N) is 3. The molecule has 3 N–H and O–H groups in total. The van der Waals surface area contributed by atoms with Crippen molar-refractivity contribution in [3.05, 3.63) is 107 Å². The van der Waals surface area contributed by atoms with E-state index in [2.05, 4.69) is 14.7 Å². The molecule has 6 rings (SSSR count). The van der Waals surface area contributed by atoms with Crippen LogP contribution in [0.3, 0.4) is 0 Å². The summed E-state index contributed by atoms with van der Waals surface area (Å²) in [5.74, 6) is -0.373. The van der Waals surface area contributed by atoms with Crippen LogP contribution in [-0.2, 0) is 23.0 Å². The Bertz CT molecular complexity index is 1990. The van der Waals surface area contributed by atoms with Crippen LogP contribution in [0.2, 0.25) is 0 Å². The fourth-order valence-electron chi connectivity index (χ4n) is 4.78. The van der Waals surface area contributed by atoms with Gasteiger partial charge in [-0.15, -0.1) is 0 Å². The molecule has 0 fully saturated rings. The summed E-state index contributed by atoms with van der Waals surface area (Å²) in [4.78, 5) is 19.9. The van der Waals surface area contributed by atoms with Gasteiger partial charge < -0.3 is 14.8 Å². The Morgan fingerprint density at radius 1 is 1.05 bits per heavy atom. The molecule has 11 heteroatoms. The average molecular weight is 532 g/mol. The fourth-order valence-corrected chi connectivity index (χ4v) is 6.06. The van der Waals surface area contributed by atoms with Gasteiger partial charge in [0.1, 0.15) is 16.2 Å². The van der Waals surface area contributed by atoms with Gasteiger partial charge in [-0.1, -0.05) is 30.3 Å². The van der Waals surface area contributed by atoms with Crippen LogP contribution in [0.15, 0.2) is 89.1 Å². The van der Waals surface area contributed by atoms with Crippen LogP contribution < -0.4 is 10.3 Å². The van der Waals surface area contributed by atoms with E-state index in [-0.39, 0.29) is 29.3 Å². The lowest BCUT2D eigenvalue weighted by atomic mass is 10.1. The van der Waals surface area contributed by atoms with Crippen molar-refractivity contribution >= 4 is 42.7 Å². The molecule has 0 amide bonds. The third-order valence-electron chi connectivity index (χ3n) is 6.64. The van der Waals surface area contributed by atoms with Crippen molar-refractivity contribution in [2.75, 3.05) is 6.54 Å². The Labute approximate surface area is 215 Å². The third-order valence-corrected chi connectivity index (χ3v) is 8.11. The number of hydrogen-bond acceptors (Lipinski definition) is 5. The molecule has 0 aliphatic rings. The minimum Gasteiger partial charge on any atom is -0.425 e. The number of H-pyrrole nitrogens is 1. The van der Waals surface area contributed by atoms with Gasteiger partial charge in [0.05, 0.1) is 11.7 Å². The van der Waals surface area contributed by atoms with E-state index in [1.54, 1.807) is 16.7 Å². The first-order valence-corrected chi connectivity index (χ1v) is 13.3. The summed E-state index contributed by atoms with van der Waals surface area (Å²) in [6.07, 6.45) is 6.40. The van der Waals surface area contributed by atoms with E-state index in [0.29, 0.717) is 27.4 Å². The molecular formula is C27H22FN5O4S. The molecule has 0 atom stereocenters. The summed E-state index contributed by atoms with van der Waals surface area (Å²) in [7, 11) is -4.03. The highest BCUT2D eigenvalue weighted by molar-refractivity contribution is 7.89. The van der Waals surface area contributed by atoms with Gasteiger partial charge in [-0.25, -0.2) is 22.5 Å². The maximum atomic E-state index is 13.6. The number of pyridine rings is 2. The highest BCUT2D eigenvalue weighted by atomic mass is 32.2. The second kappa shape index (κ2) is 9.12. The Morgan fingerprint density at radius 2 is 1.84 bits per heavy atom. The molecular weight excluding hydrogens is 509 g/mol. The maximum absolute atomic E-state index is 13.6. The predicted octanol–water partition coefficient (Wildman–Crippen LogP) is 3.78. The van der Waals surface area contributed by atoms with Gasteiger partial charge in [0, 0.05) is 53.4 Å². The molecule has 4 heterocycles. The predicted molar refractivity (Wildman–Crippen MR) is 141 cm³/mol. The number of aromatic nitrogens is 4. The Kier molecular flexibility index (Phi) is 5.73. The molecule has 2 aromatic carbocycles. The minimum absolute atomic E-state index is 0.0176.